The van der Waals surface area contributed by atoms with Crippen LogP contribution in [0.2, 0.25) is 0 Å². The molecule has 1 atom stereocenters. The summed E-state index contributed by atoms with van der Waals surface area (Å²) in [6.07, 6.45) is 2.19. The van der Waals surface area contributed by atoms with Crippen LogP contribution in [0.4, 0.5) is 0 Å². The van der Waals surface area contributed by atoms with Gasteiger partial charge in [0.05, 0.1) is 4.08 Å². The van der Waals surface area contributed by atoms with Crippen LogP contribution in [0, 0.1) is 5.92 Å². The SMILES string of the molecule is CCC1([C@@H](C)C=O)SCCS1. The van der Waals surface area contributed by atoms with Crippen molar-refractivity contribution < 1.29 is 4.79 Å². The maximum atomic E-state index is 10.6. The molecular formula is C8H14OS2. The maximum absolute atomic E-state index is 10.6. The molecule has 0 amide bonds. The van der Waals surface area contributed by atoms with E-state index < -0.39 is 0 Å². The predicted molar refractivity (Wildman–Crippen MR) is 53.2 cm³/mol. The molecule has 0 saturated carbocycles. The lowest BCUT2D eigenvalue weighted by Gasteiger charge is -2.28. The highest BCUT2D eigenvalue weighted by Gasteiger charge is 2.38. The fourth-order valence-corrected chi connectivity index (χ4v) is 4.60. The Balaban J connectivity index is 2.65. The summed E-state index contributed by atoms with van der Waals surface area (Å²) in [6.45, 7) is 4.20. The van der Waals surface area contributed by atoms with E-state index in [2.05, 4.69) is 6.92 Å². The van der Waals surface area contributed by atoms with E-state index in [1.54, 1.807) is 0 Å². The quantitative estimate of drug-likeness (QED) is 0.636. The first-order valence-electron chi connectivity index (χ1n) is 3.98. The van der Waals surface area contributed by atoms with Gasteiger partial charge in [-0.25, -0.2) is 0 Å². The molecule has 11 heavy (non-hydrogen) atoms. The van der Waals surface area contributed by atoms with Crippen molar-refractivity contribution in [1.82, 2.24) is 0 Å². The van der Waals surface area contributed by atoms with E-state index in [4.69, 9.17) is 0 Å². The molecule has 0 aromatic rings. The lowest BCUT2D eigenvalue weighted by atomic mass is 10.1. The predicted octanol–water partition coefficient (Wildman–Crippen LogP) is 2.41. The first-order chi connectivity index (χ1) is 5.25. The summed E-state index contributed by atoms with van der Waals surface area (Å²) in [5.41, 5.74) is 0. The second-order valence-electron chi connectivity index (χ2n) is 2.79. The average molecular weight is 190 g/mol. The Morgan fingerprint density at radius 1 is 1.55 bits per heavy atom. The summed E-state index contributed by atoms with van der Waals surface area (Å²) in [4.78, 5) is 10.6. The molecule has 1 rings (SSSR count). The van der Waals surface area contributed by atoms with Gasteiger partial charge in [-0.2, -0.15) is 0 Å². The van der Waals surface area contributed by atoms with Crippen molar-refractivity contribution in [1.29, 1.82) is 0 Å². The molecule has 64 valence electrons. The molecule has 0 unspecified atom stereocenters. The standard InChI is InChI=1S/C8H14OS2/c1-3-8(7(2)6-9)10-4-5-11-8/h6-7H,3-5H2,1-2H3/t7-/m0/s1. The Bertz CT molecular complexity index is 141. The summed E-state index contributed by atoms with van der Waals surface area (Å²) >= 11 is 3.91. The average Bonchev–Trinajstić information content (AvgIpc) is 2.52. The molecule has 3 heteroatoms. The summed E-state index contributed by atoms with van der Waals surface area (Å²) < 4.78 is 0.210. The molecule has 1 fully saturated rings. The third kappa shape index (κ3) is 1.75. The highest BCUT2D eigenvalue weighted by atomic mass is 32.2. The van der Waals surface area contributed by atoms with E-state index in [0.717, 1.165) is 12.7 Å². The van der Waals surface area contributed by atoms with E-state index >= 15 is 0 Å². The van der Waals surface area contributed by atoms with Crippen LogP contribution in [-0.2, 0) is 4.79 Å². The Morgan fingerprint density at radius 3 is 2.45 bits per heavy atom. The van der Waals surface area contributed by atoms with Gasteiger partial charge in [-0.15, -0.1) is 23.5 Å². The van der Waals surface area contributed by atoms with Crippen molar-refractivity contribution in [3.05, 3.63) is 0 Å². The Labute approximate surface area is 76.7 Å². The normalized spacial score (nSPS) is 24.9. The van der Waals surface area contributed by atoms with Gasteiger partial charge in [-0.05, 0) is 6.42 Å². The summed E-state index contributed by atoms with van der Waals surface area (Å²) in [6, 6.07) is 0. The van der Waals surface area contributed by atoms with Crippen LogP contribution in [0.5, 0.6) is 0 Å². The zero-order valence-electron chi connectivity index (χ0n) is 7.00. The number of carbonyl (C=O) groups excluding carboxylic acids is 1. The molecule has 0 bridgehead atoms. The van der Waals surface area contributed by atoms with E-state index in [1.807, 2.05) is 30.4 Å². The smallest absolute Gasteiger partial charge is 0.125 e. The molecule has 1 aliphatic heterocycles. The molecular weight excluding hydrogens is 176 g/mol. The third-order valence-electron chi connectivity index (χ3n) is 2.17. The van der Waals surface area contributed by atoms with E-state index in [9.17, 15) is 4.79 Å². The van der Waals surface area contributed by atoms with Crippen LogP contribution in [0.1, 0.15) is 20.3 Å². The molecule has 0 radical (unpaired) electrons. The molecule has 1 aliphatic rings. The van der Waals surface area contributed by atoms with Crippen LogP contribution >= 0.6 is 23.5 Å². The molecule has 0 aromatic carbocycles. The first-order valence-corrected chi connectivity index (χ1v) is 5.95. The topological polar surface area (TPSA) is 17.1 Å². The first kappa shape index (κ1) is 9.46. The highest BCUT2D eigenvalue weighted by Crippen LogP contribution is 2.50. The van der Waals surface area contributed by atoms with Crippen LogP contribution in [0.15, 0.2) is 0 Å². The summed E-state index contributed by atoms with van der Waals surface area (Å²) in [5.74, 6) is 2.61. The Morgan fingerprint density at radius 2 is 2.09 bits per heavy atom. The molecule has 1 nitrogen and oxygen atoms in total. The van der Waals surface area contributed by atoms with Gasteiger partial charge in [0.1, 0.15) is 6.29 Å². The zero-order valence-corrected chi connectivity index (χ0v) is 8.63. The number of thioether (sulfide) groups is 2. The molecule has 1 heterocycles. The largest absolute Gasteiger partial charge is 0.303 e. The number of hydrogen-bond acceptors (Lipinski definition) is 3. The van der Waals surface area contributed by atoms with Crippen LogP contribution in [0.25, 0.3) is 0 Å². The lowest BCUT2D eigenvalue weighted by Crippen LogP contribution is -2.26. The number of hydrogen-bond donors (Lipinski definition) is 0. The van der Waals surface area contributed by atoms with E-state index in [1.165, 1.54) is 11.5 Å². The Kier molecular flexibility index (Phi) is 3.31. The summed E-state index contributed by atoms with van der Waals surface area (Å²) in [5, 5.41) is 0. The maximum Gasteiger partial charge on any atom is 0.125 e. The number of carbonyl (C=O) groups is 1. The van der Waals surface area contributed by atoms with Crippen molar-refractivity contribution in [2.75, 3.05) is 11.5 Å². The number of aldehydes is 1. The van der Waals surface area contributed by atoms with Gasteiger partial charge in [-0.1, -0.05) is 13.8 Å². The molecule has 0 N–H and O–H groups in total. The zero-order chi connectivity index (χ0) is 8.32. The van der Waals surface area contributed by atoms with Gasteiger partial charge in [0.2, 0.25) is 0 Å². The molecule has 0 aliphatic carbocycles. The second kappa shape index (κ2) is 3.85. The van der Waals surface area contributed by atoms with Gasteiger partial charge in [0, 0.05) is 17.4 Å². The minimum absolute atomic E-state index is 0.199. The molecule has 0 spiro atoms. The van der Waals surface area contributed by atoms with Crippen molar-refractivity contribution in [3.63, 3.8) is 0 Å². The Hall–Kier alpha value is 0.370. The van der Waals surface area contributed by atoms with Crippen molar-refractivity contribution in [2.24, 2.45) is 5.92 Å². The van der Waals surface area contributed by atoms with E-state index in [-0.39, 0.29) is 10.00 Å². The van der Waals surface area contributed by atoms with Crippen LogP contribution in [-0.4, -0.2) is 21.9 Å². The fraction of sp³-hybridized carbons (Fsp3) is 0.875. The minimum Gasteiger partial charge on any atom is -0.303 e. The van der Waals surface area contributed by atoms with Gasteiger partial charge in [0.15, 0.2) is 0 Å². The van der Waals surface area contributed by atoms with Crippen molar-refractivity contribution in [2.45, 2.75) is 24.3 Å². The van der Waals surface area contributed by atoms with Crippen LogP contribution in [0.3, 0.4) is 0 Å². The van der Waals surface area contributed by atoms with Gasteiger partial charge < -0.3 is 4.79 Å². The van der Waals surface area contributed by atoms with Crippen molar-refractivity contribution in [3.8, 4) is 0 Å². The van der Waals surface area contributed by atoms with Gasteiger partial charge >= 0.3 is 0 Å². The molecule has 0 aromatic heterocycles. The second-order valence-corrected chi connectivity index (χ2v) is 5.90. The van der Waals surface area contributed by atoms with E-state index in [0.29, 0.717) is 0 Å². The molecule has 1 saturated heterocycles. The number of rotatable bonds is 3. The van der Waals surface area contributed by atoms with Gasteiger partial charge in [0.25, 0.3) is 0 Å². The third-order valence-corrected chi connectivity index (χ3v) is 6.25. The highest BCUT2D eigenvalue weighted by molar-refractivity contribution is 8.21. The van der Waals surface area contributed by atoms with Gasteiger partial charge in [-0.3, -0.25) is 0 Å². The minimum atomic E-state index is 0.199. The van der Waals surface area contributed by atoms with Crippen molar-refractivity contribution >= 4 is 29.8 Å². The van der Waals surface area contributed by atoms with Crippen LogP contribution < -0.4 is 0 Å². The summed E-state index contributed by atoms with van der Waals surface area (Å²) in [7, 11) is 0. The monoisotopic (exact) mass is 190 g/mol. The fourth-order valence-electron chi connectivity index (χ4n) is 1.36. The lowest BCUT2D eigenvalue weighted by molar-refractivity contribution is -0.110.